The van der Waals surface area contributed by atoms with Gasteiger partial charge in [0.05, 0.1) is 17.4 Å². The van der Waals surface area contributed by atoms with Crippen LogP contribution in [0, 0.1) is 5.82 Å². The van der Waals surface area contributed by atoms with Gasteiger partial charge in [-0.2, -0.15) is 5.10 Å². The van der Waals surface area contributed by atoms with E-state index in [1.54, 1.807) is 12.1 Å². The van der Waals surface area contributed by atoms with Crippen molar-refractivity contribution in [3.05, 3.63) is 60.5 Å². The van der Waals surface area contributed by atoms with Crippen LogP contribution < -0.4 is 5.73 Å². The van der Waals surface area contributed by atoms with E-state index in [2.05, 4.69) is 25.9 Å². The zero-order valence-electron chi connectivity index (χ0n) is 13.5. The molecule has 0 radical (unpaired) electrons. The fraction of sp³-hybridized carbons (Fsp3) is 0.211. The van der Waals surface area contributed by atoms with Crippen LogP contribution in [0.2, 0.25) is 0 Å². The van der Waals surface area contributed by atoms with E-state index in [1.165, 1.54) is 12.1 Å². The van der Waals surface area contributed by atoms with Gasteiger partial charge in [0.2, 0.25) is 0 Å². The molecular formula is C19H20FN3. The molecule has 0 amide bonds. The molecule has 0 saturated heterocycles. The second-order valence-corrected chi connectivity index (χ2v) is 6.62. The van der Waals surface area contributed by atoms with Crippen molar-refractivity contribution in [1.82, 2.24) is 9.78 Å². The molecule has 118 valence electrons. The highest BCUT2D eigenvalue weighted by atomic mass is 19.1. The number of nitrogens with two attached hydrogens (primary N) is 1. The number of anilines is 1. The standard InChI is InChI=1S/C19H20FN3/c1-19(2,3)23-18(14-4-8-15(20)9-5-14)17(12-22-23)13-6-10-16(21)11-7-13/h4-12H,21H2,1-3H3. The summed E-state index contributed by atoms with van der Waals surface area (Å²) in [5.74, 6) is -0.246. The molecule has 3 nitrogen and oxygen atoms in total. The summed E-state index contributed by atoms with van der Waals surface area (Å²) in [7, 11) is 0. The van der Waals surface area contributed by atoms with Crippen LogP contribution in [0.5, 0.6) is 0 Å². The van der Waals surface area contributed by atoms with Crippen molar-refractivity contribution >= 4 is 5.69 Å². The van der Waals surface area contributed by atoms with Crippen molar-refractivity contribution in [2.45, 2.75) is 26.3 Å². The summed E-state index contributed by atoms with van der Waals surface area (Å²) in [6.45, 7) is 6.29. The Labute approximate surface area is 135 Å². The number of benzene rings is 2. The molecular weight excluding hydrogens is 289 g/mol. The van der Waals surface area contributed by atoms with Crippen molar-refractivity contribution in [3.8, 4) is 22.4 Å². The van der Waals surface area contributed by atoms with Gasteiger partial charge in [0.1, 0.15) is 5.82 Å². The first-order chi connectivity index (χ1) is 10.9. The second kappa shape index (κ2) is 5.54. The van der Waals surface area contributed by atoms with E-state index in [1.807, 2.05) is 35.1 Å². The topological polar surface area (TPSA) is 43.8 Å². The van der Waals surface area contributed by atoms with E-state index in [9.17, 15) is 4.39 Å². The first kappa shape index (κ1) is 15.3. The third-order valence-corrected chi connectivity index (χ3v) is 3.74. The molecule has 0 aliphatic heterocycles. The molecule has 2 N–H and O–H groups in total. The molecule has 0 fully saturated rings. The fourth-order valence-electron chi connectivity index (χ4n) is 2.62. The zero-order chi connectivity index (χ0) is 16.6. The lowest BCUT2D eigenvalue weighted by molar-refractivity contribution is 0.360. The molecule has 0 saturated carbocycles. The lowest BCUT2D eigenvalue weighted by Crippen LogP contribution is -2.24. The Morgan fingerprint density at radius 3 is 2.04 bits per heavy atom. The van der Waals surface area contributed by atoms with Gasteiger partial charge in [-0.15, -0.1) is 0 Å². The summed E-state index contributed by atoms with van der Waals surface area (Å²) in [6, 6.07) is 14.2. The Hall–Kier alpha value is -2.62. The van der Waals surface area contributed by atoms with Gasteiger partial charge >= 0.3 is 0 Å². The number of hydrogen-bond acceptors (Lipinski definition) is 2. The maximum Gasteiger partial charge on any atom is 0.123 e. The first-order valence-electron chi connectivity index (χ1n) is 7.56. The molecule has 0 bridgehead atoms. The van der Waals surface area contributed by atoms with Crippen molar-refractivity contribution in [1.29, 1.82) is 0 Å². The first-order valence-corrected chi connectivity index (χ1v) is 7.56. The largest absolute Gasteiger partial charge is 0.399 e. The molecule has 0 atom stereocenters. The van der Waals surface area contributed by atoms with E-state index in [4.69, 9.17) is 5.73 Å². The van der Waals surface area contributed by atoms with Crippen molar-refractivity contribution in [2.24, 2.45) is 0 Å². The number of aromatic nitrogens is 2. The summed E-state index contributed by atoms with van der Waals surface area (Å²) in [4.78, 5) is 0. The number of halogens is 1. The average Bonchev–Trinajstić information content (AvgIpc) is 2.94. The van der Waals surface area contributed by atoms with E-state index >= 15 is 0 Å². The van der Waals surface area contributed by atoms with Crippen LogP contribution in [0.3, 0.4) is 0 Å². The van der Waals surface area contributed by atoms with Gasteiger partial charge in [0, 0.05) is 16.8 Å². The van der Waals surface area contributed by atoms with Crippen LogP contribution in [0.15, 0.2) is 54.7 Å². The molecule has 0 aliphatic rings. The highest BCUT2D eigenvalue weighted by molar-refractivity contribution is 5.81. The lowest BCUT2D eigenvalue weighted by Gasteiger charge is -2.23. The van der Waals surface area contributed by atoms with Crippen molar-refractivity contribution in [2.75, 3.05) is 5.73 Å². The second-order valence-electron chi connectivity index (χ2n) is 6.62. The summed E-state index contributed by atoms with van der Waals surface area (Å²) in [5, 5.41) is 4.58. The predicted molar refractivity (Wildman–Crippen MR) is 92.5 cm³/mol. The lowest BCUT2D eigenvalue weighted by atomic mass is 9.99. The van der Waals surface area contributed by atoms with E-state index in [-0.39, 0.29) is 11.4 Å². The van der Waals surface area contributed by atoms with Crippen molar-refractivity contribution < 1.29 is 4.39 Å². The fourth-order valence-corrected chi connectivity index (χ4v) is 2.62. The van der Waals surface area contributed by atoms with Crippen LogP contribution in [-0.4, -0.2) is 9.78 Å². The molecule has 1 aromatic heterocycles. The maximum atomic E-state index is 13.3. The van der Waals surface area contributed by atoms with E-state index < -0.39 is 0 Å². The molecule has 3 rings (SSSR count). The highest BCUT2D eigenvalue weighted by Crippen LogP contribution is 2.35. The Morgan fingerprint density at radius 1 is 0.913 bits per heavy atom. The van der Waals surface area contributed by atoms with Gasteiger partial charge < -0.3 is 5.73 Å². The minimum Gasteiger partial charge on any atom is -0.399 e. The van der Waals surface area contributed by atoms with Gasteiger partial charge in [-0.25, -0.2) is 4.39 Å². The van der Waals surface area contributed by atoms with E-state index in [0.29, 0.717) is 0 Å². The van der Waals surface area contributed by atoms with Gasteiger partial charge in [-0.05, 0) is 62.7 Å². The average molecular weight is 309 g/mol. The van der Waals surface area contributed by atoms with Crippen LogP contribution in [0.4, 0.5) is 10.1 Å². The Morgan fingerprint density at radius 2 is 1.48 bits per heavy atom. The predicted octanol–water partition coefficient (Wildman–Crippen LogP) is 4.69. The minimum atomic E-state index is -0.246. The molecule has 0 spiro atoms. The highest BCUT2D eigenvalue weighted by Gasteiger charge is 2.22. The summed E-state index contributed by atoms with van der Waals surface area (Å²) >= 11 is 0. The smallest absolute Gasteiger partial charge is 0.123 e. The third-order valence-electron chi connectivity index (χ3n) is 3.74. The van der Waals surface area contributed by atoms with Crippen LogP contribution in [0.25, 0.3) is 22.4 Å². The number of nitrogens with zero attached hydrogens (tertiary/aromatic N) is 2. The van der Waals surface area contributed by atoms with Crippen molar-refractivity contribution in [3.63, 3.8) is 0 Å². The van der Waals surface area contributed by atoms with Crippen LogP contribution >= 0.6 is 0 Å². The number of rotatable bonds is 2. The van der Waals surface area contributed by atoms with Gasteiger partial charge in [-0.3, -0.25) is 4.68 Å². The third kappa shape index (κ3) is 2.97. The number of nitrogen functional groups attached to an aromatic ring is 1. The zero-order valence-corrected chi connectivity index (χ0v) is 13.5. The Balaban J connectivity index is 2.23. The number of hydrogen-bond donors (Lipinski definition) is 1. The molecule has 0 unspecified atom stereocenters. The maximum absolute atomic E-state index is 13.3. The monoisotopic (exact) mass is 309 g/mol. The molecule has 2 aromatic carbocycles. The Bertz CT molecular complexity index is 809. The molecule has 4 heteroatoms. The Kier molecular flexibility index (Phi) is 3.68. The summed E-state index contributed by atoms with van der Waals surface area (Å²) < 4.78 is 15.3. The molecule has 1 heterocycles. The van der Waals surface area contributed by atoms with Crippen LogP contribution in [-0.2, 0) is 5.54 Å². The normalized spacial score (nSPS) is 11.7. The quantitative estimate of drug-likeness (QED) is 0.698. The van der Waals surface area contributed by atoms with Gasteiger partial charge in [-0.1, -0.05) is 12.1 Å². The SMILES string of the molecule is CC(C)(C)n1ncc(-c2ccc(N)cc2)c1-c1ccc(F)cc1. The van der Waals surface area contributed by atoms with Gasteiger partial charge in [0.15, 0.2) is 0 Å². The summed E-state index contributed by atoms with van der Waals surface area (Å²) in [5.41, 5.74) is 10.3. The summed E-state index contributed by atoms with van der Waals surface area (Å²) in [6.07, 6.45) is 1.86. The molecule has 23 heavy (non-hydrogen) atoms. The molecule has 3 aromatic rings. The molecule has 0 aliphatic carbocycles. The minimum absolute atomic E-state index is 0.185. The van der Waals surface area contributed by atoms with Gasteiger partial charge in [0.25, 0.3) is 0 Å². The van der Waals surface area contributed by atoms with Crippen LogP contribution in [0.1, 0.15) is 20.8 Å². The van der Waals surface area contributed by atoms with E-state index in [0.717, 1.165) is 28.1 Å².